The summed E-state index contributed by atoms with van der Waals surface area (Å²) in [6.45, 7) is 23.9. The standard InChI is InChI=1S/C28H38N.C11H7BrN.CH4.Ir/c1-24(2)13-14-25(3,4)22-17-29-23(16-20(22)24)18-11-12-19-21(15-18)27(7,8)28(9,10)26(19,5)6;12-10-5-3-4-9(8-10)11-6-1-2-7-13-11;;/h12,15-17H,13-14H2,1-10H3;1-3,5-8H;1H4;/q2*-1;;. The molecule has 0 N–H and O–H groups in total. The minimum atomic E-state index is 0. The number of hydrogen-bond acceptors (Lipinski definition) is 2. The van der Waals surface area contributed by atoms with Gasteiger partial charge < -0.3 is 9.97 Å². The van der Waals surface area contributed by atoms with Crippen molar-refractivity contribution in [3.05, 3.63) is 106 Å². The summed E-state index contributed by atoms with van der Waals surface area (Å²) in [6, 6.07) is 25.4. The van der Waals surface area contributed by atoms with Crippen LogP contribution in [0.2, 0.25) is 0 Å². The second kappa shape index (κ2) is 12.6. The Morgan fingerprint density at radius 2 is 1.27 bits per heavy atom. The number of aromatic nitrogens is 2. The molecule has 0 aliphatic heterocycles. The Hall–Kier alpha value is -2.13. The van der Waals surface area contributed by atoms with Crippen molar-refractivity contribution in [3.63, 3.8) is 0 Å². The largest absolute Gasteiger partial charge is 0.305 e. The van der Waals surface area contributed by atoms with E-state index in [2.05, 4.69) is 127 Å². The van der Waals surface area contributed by atoms with Crippen LogP contribution in [-0.2, 0) is 41.8 Å². The van der Waals surface area contributed by atoms with Gasteiger partial charge in [-0.15, -0.1) is 64.7 Å². The van der Waals surface area contributed by atoms with Gasteiger partial charge in [0.1, 0.15) is 0 Å². The molecule has 44 heavy (non-hydrogen) atoms. The molecule has 2 nitrogen and oxygen atoms in total. The molecule has 0 saturated carbocycles. The van der Waals surface area contributed by atoms with Crippen molar-refractivity contribution < 1.29 is 20.1 Å². The minimum Gasteiger partial charge on any atom is -0.305 e. The summed E-state index contributed by atoms with van der Waals surface area (Å²) in [5, 5.41) is 0. The van der Waals surface area contributed by atoms with Gasteiger partial charge in [-0.2, -0.15) is 0 Å². The fourth-order valence-corrected chi connectivity index (χ4v) is 7.19. The van der Waals surface area contributed by atoms with Crippen LogP contribution >= 0.6 is 15.9 Å². The van der Waals surface area contributed by atoms with Gasteiger partial charge in [0.25, 0.3) is 0 Å². The van der Waals surface area contributed by atoms with Crippen molar-refractivity contribution in [2.24, 2.45) is 5.41 Å². The maximum Gasteiger partial charge on any atom is 0.0201 e. The van der Waals surface area contributed by atoms with Crippen LogP contribution in [0.25, 0.3) is 22.5 Å². The summed E-state index contributed by atoms with van der Waals surface area (Å²) in [6.07, 6.45) is 6.37. The molecule has 2 aliphatic rings. The number of benzene rings is 2. The average molecular weight is 830 g/mol. The van der Waals surface area contributed by atoms with Crippen LogP contribution in [-0.4, -0.2) is 9.97 Å². The fraction of sp³-hybridized carbons (Fsp3) is 0.450. The molecule has 6 rings (SSSR count). The van der Waals surface area contributed by atoms with E-state index >= 15 is 0 Å². The van der Waals surface area contributed by atoms with Gasteiger partial charge in [-0.05, 0) is 68.5 Å². The Labute approximate surface area is 289 Å². The van der Waals surface area contributed by atoms with Crippen LogP contribution in [0, 0.1) is 17.5 Å². The third kappa shape index (κ3) is 6.16. The average Bonchev–Trinajstić information content (AvgIpc) is 3.05. The van der Waals surface area contributed by atoms with Gasteiger partial charge in [0.15, 0.2) is 0 Å². The third-order valence-corrected chi connectivity index (χ3v) is 11.6. The van der Waals surface area contributed by atoms with E-state index in [9.17, 15) is 0 Å². The summed E-state index contributed by atoms with van der Waals surface area (Å²) in [5.41, 5.74) is 10.7. The molecule has 1 radical (unpaired) electrons. The summed E-state index contributed by atoms with van der Waals surface area (Å²) in [5.74, 6) is 0. The second-order valence-electron chi connectivity index (χ2n) is 15.1. The van der Waals surface area contributed by atoms with Crippen LogP contribution in [0.3, 0.4) is 0 Å². The molecule has 2 aromatic heterocycles. The first-order valence-electron chi connectivity index (χ1n) is 15.2. The molecule has 0 atom stereocenters. The number of nitrogens with zero attached hydrogens (tertiary/aromatic N) is 2. The molecule has 2 aromatic carbocycles. The van der Waals surface area contributed by atoms with Gasteiger partial charge >= 0.3 is 0 Å². The second-order valence-corrected chi connectivity index (χ2v) is 16.0. The Balaban J connectivity index is 0.000000297. The summed E-state index contributed by atoms with van der Waals surface area (Å²) >= 11 is 3.41. The SMILES string of the molecule is Brc1cc[c-]c(-c2ccccn2)c1.C.CC1(C)CCC(C)(C)c2cc(-c3[c-]cc4c(c3)C(C)(C)C(C)(C)C4(C)C)ncc21.[Ir]. The molecule has 0 saturated heterocycles. The smallest absolute Gasteiger partial charge is 0.0201 e. The molecule has 4 aromatic rings. The summed E-state index contributed by atoms with van der Waals surface area (Å²) in [7, 11) is 0. The van der Waals surface area contributed by atoms with Crippen LogP contribution in [0.5, 0.6) is 0 Å². The van der Waals surface area contributed by atoms with Crippen LogP contribution in [0.4, 0.5) is 0 Å². The maximum absolute atomic E-state index is 4.94. The van der Waals surface area contributed by atoms with Crippen molar-refractivity contribution in [2.45, 2.75) is 111 Å². The van der Waals surface area contributed by atoms with Gasteiger partial charge in [0, 0.05) is 32.5 Å². The minimum absolute atomic E-state index is 0. The molecule has 237 valence electrons. The first kappa shape index (κ1) is 36.3. The summed E-state index contributed by atoms with van der Waals surface area (Å²) in [4.78, 5) is 9.18. The van der Waals surface area contributed by atoms with Crippen molar-refractivity contribution in [3.8, 4) is 22.5 Å². The topological polar surface area (TPSA) is 25.8 Å². The van der Waals surface area contributed by atoms with Gasteiger partial charge in [-0.3, -0.25) is 0 Å². The molecular formula is C40H49BrIrN2-2. The molecule has 2 aliphatic carbocycles. The Kier molecular flexibility index (Phi) is 10.4. The Bertz CT molecular complexity index is 1620. The van der Waals surface area contributed by atoms with Gasteiger partial charge in [0.2, 0.25) is 0 Å². The Morgan fingerprint density at radius 1 is 0.659 bits per heavy atom. The number of pyridine rings is 2. The van der Waals surface area contributed by atoms with E-state index in [0.29, 0.717) is 0 Å². The molecule has 4 heteroatoms. The van der Waals surface area contributed by atoms with Crippen molar-refractivity contribution >= 4 is 15.9 Å². The van der Waals surface area contributed by atoms with Crippen LogP contribution < -0.4 is 0 Å². The predicted octanol–water partition coefficient (Wildman–Crippen LogP) is 11.4. The number of fused-ring (bicyclic) bond motifs is 2. The van der Waals surface area contributed by atoms with Gasteiger partial charge in [-0.1, -0.05) is 115 Å². The van der Waals surface area contributed by atoms with Gasteiger partial charge in [0.05, 0.1) is 0 Å². The number of halogens is 1. The van der Waals surface area contributed by atoms with E-state index in [1.54, 1.807) is 6.20 Å². The van der Waals surface area contributed by atoms with Crippen molar-refractivity contribution in [1.82, 2.24) is 9.97 Å². The van der Waals surface area contributed by atoms with E-state index < -0.39 is 0 Å². The van der Waals surface area contributed by atoms with Crippen molar-refractivity contribution in [1.29, 1.82) is 0 Å². The predicted molar refractivity (Wildman–Crippen MR) is 187 cm³/mol. The third-order valence-electron chi connectivity index (χ3n) is 11.1. The zero-order valence-electron chi connectivity index (χ0n) is 27.4. The van der Waals surface area contributed by atoms with E-state index in [4.69, 9.17) is 4.98 Å². The molecular weight excluding hydrogens is 781 g/mol. The molecule has 0 amide bonds. The molecule has 0 fully saturated rings. The van der Waals surface area contributed by atoms with Crippen LogP contribution in [0.15, 0.2) is 71.5 Å². The number of hydrogen-bond donors (Lipinski definition) is 0. The summed E-state index contributed by atoms with van der Waals surface area (Å²) < 4.78 is 1.05. The fourth-order valence-electron chi connectivity index (χ4n) is 6.83. The molecule has 0 spiro atoms. The van der Waals surface area contributed by atoms with Crippen molar-refractivity contribution in [2.75, 3.05) is 0 Å². The quantitative estimate of drug-likeness (QED) is 0.188. The molecule has 2 heterocycles. The molecule has 0 unspecified atom stereocenters. The van der Waals surface area contributed by atoms with E-state index in [-0.39, 0.29) is 54.6 Å². The van der Waals surface area contributed by atoms with E-state index in [0.717, 1.165) is 27.0 Å². The van der Waals surface area contributed by atoms with E-state index in [1.807, 2.05) is 36.4 Å². The maximum atomic E-state index is 4.94. The Morgan fingerprint density at radius 3 is 1.89 bits per heavy atom. The van der Waals surface area contributed by atoms with Crippen LogP contribution in [0.1, 0.15) is 112 Å². The zero-order chi connectivity index (χ0) is 30.7. The normalized spacial score (nSPS) is 19.2. The zero-order valence-corrected chi connectivity index (χ0v) is 31.4. The van der Waals surface area contributed by atoms with Gasteiger partial charge in [-0.25, -0.2) is 0 Å². The first-order chi connectivity index (χ1) is 19.5. The first-order valence-corrected chi connectivity index (χ1v) is 16.0. The van der Waals surface area contributed by atoms with E-state index in [1.165, 1.54) is 35.1 Å². The number of rotatable bonds is 2. The monoisotopic (exact) mass is 829 g/mol. The molecule has 0 bridgehead atoms.